The molecule has 0 saturated carbocycles. The Bertz CT molecular complexity index is 1170. The molecule has 10 atom stereocenters. The van der Waals surface area contributed by atoms with Gasteiger partial charge in [-0.15, -0.1) is 0 Å². The molecule has 3 heterocycles. The number of rotatable bonds is 17. The summed E-state index contributed by atoms with van der Waals surface area (Å²) >= 11 is 0. The third kappa shape index (κ3) is 11.9. The number of hydrogen-bond acceptors (Lipinski definition) is 16. The van der Waals surface area contributed by atoms with E-state index in [0.717, 1.165) is 66.7 Å². The first-order chi connectivity index (χ1) is 23.2. The van der Waals surface area contributed by atoms with Crippen molar-refractivity contribution in [2.45, 2.75) is 148 Å². The molecule has 278 valence electrons. The molecule has 3 rings (SSSR count). The summed E-state index contributed by atoms with van der Waals surface area (Å²) in [6, 6.07) is -1.15. The van der Waals surface area contributed by atoms with E-state index < -0.39 is 103 Å². The molecule has 1 spiro atoms. The molecule has 3 aliphatic heterocycles. The van der Waals surface area contributed by atoms with Crippen LogP contribution >= 0.6 is 0 Å². The van der Waals surface area contributed by atoms with Crippen LogP contribution in [0.4, 0.5) is 0 Å². The number of ether oxygens (including phenoxy) is 10. The normalized spacial score (nSPS) is 32.0. The maximum atomic E-state index is 12.5. The zero-order valence-electron chi connectivity index (χ0n) is 29.1. The molecule has 49 heavy (non-hydrogen) atoms. The smallest absolute Gasteiger partial charge is 0.303 e. The third-order valence-corrected chi connectivity index (χ3v) is 7.81. The fourth-order valence-electron chi connectivity index (χ4n) is 5.78. The lowest BCUT2D eigenvalue weighted by atomic mass is 9.94. The molecule has 1 N–H and O–H groups in total. The molecular weight excluding hydrogens is 654 g/mol. The summed E-state index contributed by atoms with van der Waals surface area (Å²) in [6.45, 7) is 8.71. The van der Waals surface area contributed by atoms with Crippen LogP contribution in [0.2, 0.25) is 0 Å². The molecule has 17 heteroatoms. The highest BCUT2D eigenvalue weighted by molar-refractivity contribution is 5.73. The minimum atomic E-state index is -1.66. The van der Waals surface area contributed by atoms with Crippen molar-refractivity contribution in [1.29, 1.82) is 0 Å². The summed E-state index contributed by atoms with van der Waals surface area (Å²) in [5.41, 5.74) is 0. The molecule has 0 aliphatic carbocycles. The highest BCUT2D eigenvalue weighted by Crippen LogP contribution is 2.45. The molecule has 0 aromatic carbocycles. The van der Waals surface area contributed by atoms with Crippen LogP contribution in [0.1, 0.15) is 87.0 Å². The van der Waals surface area contributed by atoms with Crippen molar-refractivity contribution in [1.82, 2.24) is 5.32 Å². The zero-order chi connectivity index (χ0) is 36.3. The average Bonchev–Trinajstić information content (AvgIpc) is 3.77. The average molecular weight is 704 g/mol. The fourth-order valence-corrected chi connectivity index (χ4v) is 5.78. The molecule has 3 aliphatic rings. The molecule has 0 bridgehead atoms. The Morgan fingerprint density at radius 2 is 1.27 bits per heavy atom. The van der Waals surface area contributed by atoms with Gasteiger partial charge >= 0.3 is 29.8 Å². The monoisotopic (exact) mass is 703 g/mol. The summed E-state index contributed by atoms with van der Waals surface area (Å²) in [7, 11) is 0. The van der Waals surface area contributed by atoms with Crippen molar-refractivity contribution >= 4 is 35.8 Å². The highest BCUT2D eigenvalue weighted by Gasteiger charge is 2.67. The lowest BCUT2D eigenvalue weighted by molar-refractivity contribution is -0.357. The van der Waals surface area contributed by atoms with E-state index in [-0.39, 0.29) is 13.2 Å². The Hall–Kier alpha value is -3.38. The lowest BCUT2D eigenvalue weighted by Crippen LogP contribution is -2.70. The largest absolute Gasteiger partial charge is 0.463 e. The van der Waals surface area contributed by atoms with Crippen LogP contribution in [0.25, 0.3) is 0 Å². The van der Waals surface area contributed by atoms with Gasteiger partial charge < -0.3 is 52.7 Å². The SMILES string of the molecule is CCCCCCCCO[C@@H]1O[C@]2(CO2)[C@@H](OC(C)=O)[C@H](O[C@@H]2O[C@H](COC(C)=O)[C@H](OC(C)=O)[C@H](OC(C)=O)[C@H]2OC(C)=O)[C@H]1NC(C)=O. The molecule has 1 amide bonds. The first-order valence-electron chi connectivity index (χ1n) is 16.5. The second-order valence-electron chi connectivity index (χ2n) is 12.2. The highest BCUT2D eigenvalue weighted by atomic mass is 16.9. The van der Waals surface area contributed by atoms with Gasteiger partial charge in [-0.05, 0) is 6.42 Å². The summed E-state index contributed by atoms with van der Waals surface area (Å²) in [5.74, 6) is -5.93. The second kappa shape index (κ2) is 18.6. The Morgan fingerprint density at radius 3 is 1.82 bits per heavy atom. The van der Waals surface area contributed by atoms with Gasteiger partial charge in [0, 0.05) is 48.1 Å². The molecule has 0 unspecified atom stereocenters. The van der Waals surface area contributed by atoms with Crippen LogP contribution in [0.5, 0.6) is 0 Å². The van der Waals surface area contributed by atoms with E-state index in [1.807, 2.05) is 0 Å². The Morgan fingerprint density at radius 1 is 0.694 bits per heavy atom. The number of unbranched alkanes of at least 4 members (excludes halogenated alkanes) is 5. The van der Waals surface area contributed by atoms with Gasteiger partial charge in [-0.3, -0.25) is 28.8 Å². The summed E-state index contributed by atoms with van der Waals surface area (Å²) in [4.78, 5) is 73.5. The Labute approximate surface area is 285 Å². The predicted molar refractivity (Wildman–Crippen MR) is 163 cm³/mol. The van der Waals surface area contributed by atoms with Crippen molar-refractivity contribution in [3.8, 4) is 0 Å². The van der Waals surface area contributed by atoms with Crippen molar-refractivity contribution in [3.63, 3.8) is 0 Å². The van der Waals surface area contributed by atoms with E-state index in [4.69, 9.17) is 47.4 Å². The van der Waals surface area contributed by atoms with E-state index in [1.165, 1.54) is 6.92 Å². The van der Waals surface area contributed by atoms with Crippen molar-refractivity contribution in [2.75, 3.05) is 19.8 Å². The van der Waals surface area contributed by atoms with Crippen molar-refractivity contribution in [2.24, 2.45) is 0 Å². The van der Waals surface area contributed by atoms with Crippen molar-refractivity contribution in [3.05, 3.63) is 0 Å². The van der Waals surface area contributed by atoms with Gasteiger partial charge in [0.25, 0.3) is 0 Å². The number of epoxide rings is 1. The minimum Gasteiger partial charge on any atom is -0.463 e. The van der Waals surface area contributed by atoms with E-state index >= 15 is 0 Å². The molecule has 0 radical (unpaired) electrons. The van der Waals surface area contributed by atoms with Crippen LogP contribution in [0, 0.1) is 0 Å². The van der Waals surface area contributed by atoms with Gasteiger partial charge in [0.1, 0.15) is 31.5 Å². The van der Waals surface area contributed by atoms with E-state index in [9.17, 15) is 28.8 Å². The number of esters is 5. The van der Waals surface area contributed by atoms with E-state index in [1.54, 1.807) is 0 Å². The Balaban J connectivity index is 2.03. The summed E-state index contributed by atoms with van der Waals surface area (Å²) < 4.78 is 57.8. The van der Waals surface area contributed by atoms with E-state index in [0.29, 0.717) is 6.42 Å². The molecule has 17 nitrogen and oxygen atoms in total. The number of carbonyl (C=O) groups excluding carboxylic acids is 6. The van der Waals surface area contributed by atoms with Gasteiger partial charge in [0.2, 0.25) is 11.7 Å². The predicted octanol–water partition coefficient (Wildman–Crippen LogP) is 1.35. The van der Waals surface area contributed by atoms with Crippen molar-refractivity contribution < 1.29 is 76.1 Å². The van der Waals surface area contributed by atoms with Gasteiger partial charge in [0.05, 0.1) is 0 Å². The number of nitrogens with one attached hydrogen (secondary N) is 1. The molecule has 0 aromatic heterocycles. The number of hydrogen-bond donors (Lipinski definition) is 1. The Kier molecular flexibility index (Phi) is 15.2. The minimum absolute atomic E-state index is 0.0208. The molecular formula is C32H49NO16. The van der Waals surface area contributed by atoms with E-state index in [2.05, 4.69) is 12.2 Å². The quantitative estimate of drug-likeness (QED) is 0.0981. The first-order valence-corrected chi connectivity index (χ1v) is 16.5. The topological polar surface area (TPSA) is 210 Å². The van der Waals surface area contributed by atoms with Crippen LogP contribution in [-0.2, 0) is 76.1 Å². The summed E-state index contributed by atoms with van der Waals surface area (Å²) in [5, 5.41) is 2.75. The lowest BCUT2D eigenvalue weighted by Gasteiger charge is -2.48. The number of carbonyl (C=O) groups is 6. The van der Waals surface area contributed by atoms with Gasteiger partial charge in [-0.25, -0.2) is 0 Å². The van der Waals surface area contributed by atoms with Gasteiger partial charge in [-0.1, -0.05) is 39.0 Å². The first kappa shape index (κ1) is 40.1. The molecule has 3 saturated heterocycles. The van der Waals surface area contributed by atoms with Gasteiger partial charge in [-0.2, -0.15) is 0 Å². The maximum Gasteiger partial charge on any atom is 0.303 e. The zero-order valence-corrected chi connectivity index (χ0v) is 29.1. The van der Waals surface area contributed by atoms with Crippen LogP contribution in [-0.4, -0.2) is 117 Å². The maximum absolute atomic E-state index is 12.5. The fraction of sp³-hybridized carbons (Fsp3) is 0.812. The van der Waals surface area contributed by atoms with Gasteiger partial charge in [0.15, 0.2) is 37.0 Å². The molecule has 3 fully saturated rings. The number of amides is 1. The van der Waals surface area contributed by atoms with Crippen LogP contribution < -0.4 is 5.32 Å². The standard InChI is InChI=1S/C32H49NO16/c1-8-9-10-11-12-13-14-40-30-24(33-17(2)34)26(29(46-22(7)39)32(49-30)16-42-32)48-31-28(45-21(6)38)27(44-20(5)37)25(43-19(4)36)23(47-31)15-41-18(3)35/h23-31H,8-16H2,1-7H3,(H,33,34)/t23-,24-,25+,26-,27+,28-,29+,30-,31+,32-/m1/s1. The van der Waals surface area contributed by atoms with Crippen LogP contribution in [0.15, 0.2) is 0 Å². The summed E-state index contributed by atoms with van der Waals surface area (Å²) in [6.07, 6.45) is -5.38. The van der Waals surface area contributed by atoms with Crippen LogP contribution in [0.3, 0.4) is 0 Å². The molecule has 0 aromatic rings. The third-order valence-electron chi connectivity index (χ3n) is 7.81. The second-order valence-corrected chi connectivity index (χ2v) is 12.2.